The minimum atomic E-state index is -4.60. The zero-order valence-corrected chi connectivity index (χ0v) is 13.2. The number of halogens is 4. The summed E-state index contributed by atoms with van der Waals surface area (Å²) in [4.78, 5) is 11.3. The third kappa shape index (κ3) is 3.88. The van der Waals surface area contributed by atoms with Crippen LogP contribution >= 0.6 is 15.9 Å². The molecule has 116 valence electrons. The van der Waals surface area contributed by atoms with Crippen molar-refractivity contribution >= 4 is 21.7 Å². The van der Waals surface area contributed by atoms with Crippen LogP contribution in [0.5, 0.6) is 5.75 Å². The summed E-state index contributed by atoms with van der Waals surface area (Å²) in [7, 11) is 0. The minimum absolute atomic E-state index is 0.0630. The Bertz CT molecular complexity index is 696. The molecule has 0 saturated heterocycles. The Morgan fingerprint density at radius 3 is 2.45 bits per heavy atom. The first kappa shape index (κ1) is 16.5. The molecule has 0 aliphatic rings. The minimum Gasteiger partial charge on any atom is -0.489 e. The summed E-state index contributed by atoms with van der Waals surface area (Å²) in [6.07, 6.45) is -4.60. The van der Waals surface area contributed by atoms with Gasteiger partial charge in [0.2, 0.25) is 0 Å². The quantitative estimate of drug-likeness (QED) is 0.685. The van der Waals surface area contributed by atoms with Crippen LogP contribution in [0.2, 0.25) is 0 Å². The van der Waals surface area contributed by atoms with Gasteiger partial charge in [-0.1, -0.05) is 34.1 Å². The number of ether oxygens (including phenoxy) is 1. The largest absolute Gasteiger partial charge is 0.489 e. The van der Waals surface area contributed by atoms with Crippen molar-refractivity contribution in [1.82, 2.24) is 0 Å². The maximum absolute atomic E-state index is 13.0. The van der Waals surface area contributed by atoms with E-state index in [-0.39, 0.29) is 17.9 Å². The number of benzene rings is 2. The first-order valence-corrected chi connectivity index (χ1v) is 7.16. The van der Waals surface area contributed by atoms with Crippen molar-refractivity contribution in [2.75, 3.05) is 0 Å². The SMILES string of the molecule is CC(=O)c1ccc(OCc2ccccc2Br)cc1C(F)(F)F. The molecule has 0 bridgehead atoms. The van der Waals surface area contributed by atoms with Gasteiger partial charge in [0, 0.05) is 15.6 Å². The lowest BCUT2D eigenvalue weighted by Gasteiger charge is -2.14. The third-order valence-electron chi connectivity index (χ3n) is 3.03. The van der Waals surface area contributed by atoms with E-state index in [0.717, 1.165) is 29.1 Å². The van der Waals surface area contributed by atoms with E-state index in [1.165, 1.54) is 6.07 Å². The van der Waals surface area contributed by atoms with Gasteiger partial charge in [-0.3, -0.25) is 4.79 Å². The van der Waals surface area contributed by atoms with Gasteiger partial charge in [0.25, 0.3) is 0 Å². The molecule has 0 aromatic heterocycles. The lowest BCUT2D eigenvalue weighted by molar-refractivity contribution is -0.138. The van der Waals surface area contributed by atoms with Gasteiger partial charge in [0.05, 0.1) is 5.56 Å². The summed E-state index contributed by atoms with van der Waals surface area (Å²) in [5, 5.41) is 0. The topological polar surface area (TPSA) is 26.3 Å². The predicted molar refractivity (Wildman–Crippen MR) is 79.9 cm³/mol. The van der Waals surface area contributed by atoms with Gasteiger partial charge < -0.3 is 4.74 Å². The number of Topliss-reactive ketones (excluding diaryl/α,β-unsaturated/α-hetero) is 1. The van der Waals surface area contributed by atoms with Gasteiger partial charge in [0.15, 0.2) is 5.78 Å². The van der Waals surface area contributed by atoms with Crippen molar-refractivity contribution in [1.29, 1.82) is 0 Å². The smallest absolute Gasteiger partial charge is 0.417 e. The first-order valence-electron chi connectivity index (χ1n) is 6.37. The Labute approximate surface area is 134 Å². The maximum Gasteiger partial charge on any atom is 0.417 e. The summed E-state index contributed by atoms with van der Waals surface area (Å²) in [6, 6.07) is 10.6. The fourth-order valence-corrected chi connectivity index (χ4v) is 2.33. The Morgan fingerprint density at radius 2 is 1.86 bits per heavy atom. The number of carbonyl (C=O) groups excluding carboxylic acids is 1. The molecule has 0 heterocycles. The number of hydrogen-bond acceptors (Lipinski definition) is 2. The van der Waals surface area contributed by atoms with Crippen LogP contribution in [-0.2, 0) is 12.8 Å². The van der Waals surface area contributed by atoms with E-state index in [2.05, 4.69) is 15.9 Å². The van der Waals surface area contributed by atoms with Crippen molar-refractivity contribution in [3.8, 4) is 5.75 Å². The molecule has 2 aromatic carbocycles. The number of carbonyl (C=O) groups is 1. The van der Waals surface area contributed by atoms with E-state index in [9.17, 15) is 18.0 Å². The molecule has 0 unspecified atom stereocenters. The van der Waals surface area contributed by atoms with Crippen molar-refractivity contribution in [2.45, 2.75) is 19.7 Å². The lowest BCUT2D eigenvalue weighted by Crippen LogP contribution is -2.12. The standard InChI is InChI=1S/C16H12BrF3O2/c1-10(21)13-7-6-12(8-14(13)16(18,19)20)22-9-11-4-2-3-5-15(11)17/h2-8H,9H2,1H3. The summed E-state index contributed by atoms with van der Waals surface area (Å²) < 4.78 is 45.2. The molecule has 0 aliphatic carbocycles. The Balaban J connectivity index is 2.26. The summed E-state index contributed by atoms with van der Waals surface area (Å²) in [5.41, 5.74) is -0.530. The molecule has 0 saturated carbocycles. The second-order valence-corrected chi connectivity index (χ2v) is 5.50. The molecule has 0 amide bonds. The molecule has 0 fully saturated rings. The number of ketones is 1. The Hall–Kier alpha value is -1.82. The van der Waals surface area contributed by atoms with Crippen LogP contribution in [0.3, 0.4) is 0 Å². The average Bonchev–Trinajstić information content (AvgIpc) is 2.45. The van der Waals surface area contributed by atoms with Crippen LogP contribution in [-0.4, -0.2) is 5.78 Å². The van der Waals surface area contributed by atoms with E-state index >= 15 is 0 Å². The first-order chi connectivity index (χ1) is 10.3. The molecule has 0 atom stereocenters. The summed E-state index contributed by atoms with van der Waals surface area (Å²) >= 11 is 3.34. The molecule has 6 heteroatoms. The van der Waals surface area contributed by atoms with E-state index in [1.54, 1.807) is 6.07 Å². The van der Waals surface area contributed by atoms with Crippen LogP contribution in [0.15, 0.2) is 46.9 Å². The second-order valence-electron chi connectivity index (χ2n) is 4.64. The molecule has 2 aromatic rings. The second kappa shape index (κ2) is 6.52. The van der Waals surface area contributed by atoms with E-state index in [0.29, 0.717) is 0 Å². The van der Waals surface area contributed by atoms with Crippen molar-refractivity contribution in [3.05, 3.63) is 63.6 Å². The normalized spacial score (nSPS) is 11.3. The monoisotopic (exact) mass is 372 g/mol. The van der Waals surface area contributed by atoms with Crippen LogP contribution in [0.4, 0.5) is 13.2 Å². The van der Waals surface area contributed by atoms with Crippen molar-refractivity contribution in [3.63, 3.8) is 0 Å². The van der Waals surface area contributed by atoms with Crippen molar-refractivity contribution < 1.29 is 22.7 Å². The Kier molecular flexibility index (Phi) is 4.90. The Morgan fingerprint density at radius 1 is 1.18 bits per heavy atom. The molecule has 0 radical (unpaired) electrons. The van der Waals surface area contributed by atoms with Crippen molar-refractivity contribution in [2.24, 2.45) is 0 Å². The lowest BCUT2D eigenvalue weighted by atomic mass is 10.0. The number of hydrogen-bond donors (Lipinski definition) is 0. The third-order valence-corrected chi connectivity index (χ3v) is 3.80. The molecule has 0 spiro atoms. The fourth-order valence-electron chi connectivity index (χ4n) is 1.93. The number of rotatable bonds is 4. The number of alkyl halides is 3. The summed E-state index contributed by atoms with van der Waals surface area (Å²) in [6.45, 7) is 1.23. The van der Waals surface area contributed by atoms with E-state index in [1.807, 2.05) is 18.2 Å². The fraction of sp³-hybridized carbons (Fsp3) is 0.188. The molecule has 0 N–H and O–H groups in total. The van der Waals surface area contributed by atoms with Gasteiger partial charge in [-0.2, -0.15) is 13.2 Å². The molecule has 22 heavy (non-hydrogen) atoms. The zero-order chi connectivity index (χ0) is 16.3. The zero-order valence-electron chi connectivity index (χ0n) is 11.6. The van der Waals surface area contributed by atoms with Crippen LogP contribution in [0.1, 0.15) is 28.4 Å². The van der Waals surface area contributed by atoms with Gasteiger partial charge >= 0.3 is 6.18 Å². The highest BCUT2D eigenvalue weighted by Gasteiger charge is 2.34. The molecule has 0 aliphatic heterocycles. The molecule has 2 rings (SSSR count). The van der Waals surface area contributed by atoms with E-state index in [4.69, 9.17) is 4.74 Å². The molecular formula is C16H12BrF3O2. The van der Waals surface area contributed by atoms with E-state index < -0.39 is 17.5 Å². The maximum atomic E-state index is 13.0. The van der Waals surface area contributed by atoms with Gasteiger partial charge in [0.1, 0.15) is 12.4 Å². The highest BCUT2D eigenvalue weighted by molar-refractivity contribution is 9.10. The van der Waals surface area contributed by atoms with Crippen LogP contribution < -0.4 is 4.74 Å². The van der Waals surface area contributed by atoms with Gasteiger partial charge in [-0.15, -0.1) is 0 Å². The van der Waals surface area contributed by atoms with Crippen LogP contribution in [0, 0.1) is 0 Å². The highest BCUT2D eigenvalue weighted by Crippen LogP contribution is 2.35. The summed E-state index contributed by atoms with van der Waals surface area (Å²) in [5.74, 6) is -0.572. The molecular weight excluding hydrogens is 361 g/mol. The van der Waals surface area contributed by atoms with Gasteiger partial charge in [-0.25, -0.2) is 0 Å². The predicted octanol–water partition coefficient (Wildman–Crippen LogP) is 5.25. The molecule has 2 nitrogen and oxygen atoms in total. The van der Waals surface area contributed by atoms with Crippen LogP contribution in [0.25, 0.3) is 0 Å². The average molecular weight is 373 g/mol. The highest BCUT2D eigenvalue weighted by atomic mass is 79.9. The van der Waals surface area contributed by atoms with Gasteiger partial charge in [-0.05, 0) is 31.2 Å².